The van der Waals surface area contributed by atoms with Gasteiger partial charge in [0.2, 0.25) is 0 Å². The van der Waals surface area contributed by atoms with E-state index in [0.717, 1.165) is 18.2 Å². The monoisotopic (exact) mass is 414 g/mol. The van der Waals surface area contributed by atoms with E-state index >= 15 is 0 Å². The number of nitrogens with zero attached hydrogens (tertiary/aromatic N) is 3. The van der Waals surface area contributed by atoms with Crippen molar-refractivity contribution in [3.8, 4) is 11.5 Å². The summed E-state index contributed by atoms with van der Waals surface area (Å²) in [4.78, 5) is 39.0. The molecule has 0 bridgehead atoms. The van der Waals surface area contributed by atoms with Crippen LogP contribution < -0.4 is 15.0 Å². The summed E-state index contributed by atoms with van der Waals surface area (Å²) in [6.45, 7) is 0. The highest BCUT2D eigenvalue weighted by molar-refractivity contribution is 5.84. The number of nitro groups is 2. The molecule has 1 heterocycles. The number of aromatic nitrogens is 2. The number of H-pyrrole nitrogens is 1. The second-order valence-electron chi connectivity index (χ2n) is 5.92. The van der Waals surface area contributed by atoms with Crippen molar-refractivity contribution < 1.29 is 24.4 Å². The van der Waals surface area contributed by atoms with E-state index < -0.39 is 26.8 Å². The molecule has 1 aromatic heterocycles. The summed E-state index contributed by atoms with van der Waals surface area (Å²) < 4.78 is 10.3. The smallest absolute Gasteiger partial charge is 0.348 e. The van der Waals surface area contributed by atoms with Crippen LogP contribution >= 0.6 is 0 Å². The van der Waals surface area contributed by atoms with Crippen LogP contribution in [-0.4, -0.2) is 39.1 Å². The second kappa shape index (κ2) is 7.87. The Kier molecular flexibility index (Phi) is 5.31. The number of methoxy groups -OCH3 is 2. The molecule has 0 amide bonds. The summed E-state index contributed by atoms with van der Waals surface area (Å²) in [5, 5.41) is 32.6. The molecule has 0 fully saturated rings. The fourth-order valence-corrected chi connectivity index (χ4v) is 2.73. The number of benzene rings is 2. The number of aliphatic hydroxyl groups is 1. The van der Waals surface area contributed by atoms with Gasteiger partial charge in [0.1, 0.15) is 23.0 Å². The highest BCUT2D eigenvalue weighted by Crippen LogP contribution is 2.31. The fraction of sp³-hybridized carbons (Fsp3) is 0.111. The molecule has 0 aliphatic rings. The number of aromatic amines is 1. The lowest BCUT2D eigenvalue weighted by Crippen LogP contribution is -2.12. The van der Waals surface area contributed by atoms with Crippen LogP contribution in [0.15, 0.2) is 35.1 Å². The minimum Gasteiger partial charge on any atom is -0.507 e. The molecule has 3 rings (SSSR count). The molecule has 154 valence electrons. The normalized spacial score (nSPS) is 11.3. The molecule has 30 heavy (non-hydrogen) atoms. The van der Waals surface area contributed by atoms with Gasteiger partial charge in [-0.15, -0.1) is 0 Å². The maximum atomic E-state index is 12.3. The van der Waals surface area contributed by atoms with E-state index in [-0.39, 0.29) is 33.8 Å². The van der Waals surface area contributed by atoms with E-state index in [4.69, 9.17) is 9.47 Å². The Bertz CT molecular complexity index is 1270. The van der Waals surface area contributed by atoms with E-state index in [0.29, 0.717) is 5.75 Å². The Morgan fingerprint density at radius 2 is 1.77 bits per heavy atom. The van der Waals surface area contributed by atoms with Gasteiger partial charge in [0.25, 0.3) is 5.56 Å². The highest BCUT2D eigenvalue weighted by atomic mass is 16.6. The first-order valence-corrected chi connectivity index (χ1v) is 8.25. The first-order valence-electron chi connectivity index (χ1n) is 8.25. The molecule has 0 spiro atoms. The van der Waals surface area contributed by atoms with Crippen LogP contribution in [-0.2, 0) is 0 Å². The van der Waals surface area contributed by atoms with Crippen molar-refractivity contribution in [3.05, 3.63) is 72.2 Å². The molecular formula is C18H14N4O8. The molecule has 2 aromatic carbocycles. The summed E-state index contributed by atoms with van der Waals surface area (Å²) in [6, 6.07) is 6.35. The first-order chi connectivity index (χ1) is 14.2. The number of ether oxygens (including phenoxy) is 2. The van der Waals surface area contributed by atoms with Crippen LogP contribution in [0, 0.1) is 20.2 Å². The van der Waals surface area contributed by atoms with E-state index in [1.165, 1.54) is 26.4 Å². The molecule has 12 heteroatoms. The quantitative estimate of drug-likeness (QED) is 0.349. The zero-order valence-electron chi connectivity index (χ0n) is 15.6. The Balaban J connectivity index is 2.16. The molecule has 0 unspecified atom stereocenters. The van der Waals surface area contributed by atoms with Crippen molar-refractivity contribution in [2.75, 3.05) is 14.2 Å². The van der Waals surface area contributed by atoms with Crippen molar-refractivity contribution in [3.63, 3.8) is 0 Å². The average molecular weight is 414 g/mol. The Morgan fingerprint density at radius 1 is 1.10 bits per heavy atom. The number of nitrogens with one attached hydrogen (secondary N) is 1. The third-order valence-corrected chi connectivity index (χ3v) is 4.17. The molecular weight excluding hydrogens is 400 g/mol. The molecule has 3 aromatic rings. The number of rotatable bonds is 6. The SMILES string of the molecule is COc1ccc(/C(O)=C/c2nc3cc([N+](=O)[O-])c([N+](=O)[O-])cc3[nH]c2=O)c(OC)c1. The topological polar surface area (TPSA) is 171 Å². The van der Waals surface area contributed by atoms with Gasteiger partial charge in [-0.05, 0) is 12.1 Å². The molecule has 2 N–H and O–H groups in total. The number of hydrogen-bond acceptors (Lipinski definition) is 9. The van der Waals surface area contributed by atoms with Crippen LogP contribution in [0.3, 0.4) is 0 Å². The number of hydrogen-bond donors (Lipinski definition) is 2. The summed E-state index contributed by atoms with van der Waals surface area (Å²) in [7, 11) is 2.85. The molecule has 0 saturated heterocycles. The summed E-state index contributed by atoms with van der Waals surface area (Å²) in [6.07, 6.45) is 1.05. The molecule has 0 saturated carbocycles. The molecule has 0 radical (unpaired) electrons. The average Bonchev–Trinajstić information content (AvgIpc) is 2.72. The lowest BCUT2D eigenvalue weighted by atomic mass is 10.1. The predicted molar refractivity (Wildman–Crippen MR) is 106 cm³/mol. The van der Waals surface area contributed by atoms with Crippen LogP contribution in [0.4, 0.5) is 11.4 Å². The lowest BCUT2D eigenvalue weighted by Gasteiger charge is -2.09. The third kappa shape index (κ3) is 3.73. The summed E-state index contributed by atoms with van der Waals surface area (Å²) in [5.74, 6) is 0.397. The zero-order valence-corrected chi connectivity index (χ0v) is 15.6. The fourth-order valence-electron chi connectivity index (χ4n) is 2.73. The van der Waals surface area contributed by atoms with Gasteiger partial charge in [-0.2, -0.15) is 0 Å². The molecule has 0 atom stereocenters. The summed E-state index contributed by atoms with van der Waals surface area (Å²) in [5.41, 5.74) is -2.45. The maximum absolute atomic E-state index is 12.3. The van der Waals surface area contributed by atoms with Gasteiger partial charge >= 0.3 is 11.4 Å². The Labute approximate surface area is 167 Å². The maximum Gasteiger partial charge on any atom is 0.348 e. The lowest BCUT2D eigenvalue weighted by molar-refractivity contribution is -0.422. The van der Waals surface area contributed by atoms with E-state index in [1.807, 2.05) is 0 Å². The highest BCUT2D eigenvalue weighted by Gasteiger charge is 2.26. The van der Waals surface area contributed by atoms with Crippen LogP contribution in [0.2, 0.25) is 0 Å². The first kappa shape index (κ1) is 20.3. The molecule has 0 aliphatic carbocycles. The molecule has 0 aliphatic heterocycles. The van der Waals surface area contributed by atoms with E-state index in [2.05, 4.69) is 9.97 Å². The molecule has 12 nitrogen and oxygen atoms in total. The van der Waals surface area contributed by atoms with Crippen LogP contribution in [0.1, 0.15) is 11.3 Å². The van der Waals surface area contributed by atoms with Gasteiger partial charge in [0.15, 0.2) is 0 Å². The van der Waals surface area contributed by atoms with Crippen molar-refractivity contribution in [2.45, 2.75) is 0 Å². The van der Waals surface area contributed by atoms with Gasteiger partial charge in [-0.25, -0.2) is 4.98 Å². The van der Waals surface area contributed by atoms with E-state index in [9.17, 15) is 30.1 Å². The minimum atomic E-state index is -0.925. The number of aliphatic hydroxyl groups excluding tert-OH is 1. The van der Waals surface area contributed by atoms with Gasteiger partial charge in [-0.1, -0.05) is 0 Å². The second-order valence-corrected chi connectivity index (χ2v) is 5.92. The van der Waals surface area contributed by atoms with Gasteiger partial charge in [0.05, 0.1) is 46.7 Å². The van der Waals surface area contributed by atoms with Gasteiger partial charge in [-0.3, -0.25) is 25.0 Å². The van der Waals surface area contributed by atoms with Gasteiger partial charge in [0, 0.05) is 18.2 Å². The standard InChI is InChI=1S/C18H14N4O8/c1-29-9-3-4-10(17(5-9)30-2)16(23)8-13-18(24)20-12-7-15(22(27)28)14(21(25)26)6-11(12)19-13/h3-8,23H,1-2H3,(H,20,24)/b16-8-. The third-order valence-electron chi connectivity index (χ3n) is 4.17. The number of nitro benzene ring substituents is 2. The minimum absolute atomic E-state index is 0.0593. The van der Waals surface area contributed by atoms with Gasteiger partial charge < -0.3 is 19.6 Å². The predicted octanol–water partition coefficient (Wildman–Crippen LogP) is 2.81. The Hall–Kier alpha value is -4.48. The van der Waals surface area contributed by atoms with Crippen molar-refractivity contribution in [1.29, 1.82) is 0 Å². The summed E-state index contributed by atoms with van der Waals surface area (Å²) >= 11 is 0. The van der Waals surface area contributed by atoms with Crippen molar-refractivity contribution >= 4 is 34.2 Å². The van der Waals surface area contributed by atoms with E-state index in [1.54, 1.807) is 6.07 Å². The van der Waals surface area contributed by atoms with Crippen molar-refractivity contribution in [1.82, 2.24) is 9.97 Å². The largest absolute Gasteiger partial charge is 0.507 e. The zero-order chi connectivity index (χ0) is 22.0. The Morgan fingerprint density at radius 3 is 2.37 bits per heavy atom. The van der Waals surface area contributed by atoms with Crippen LogP contribution in [0.25, 0.3) is 22.9 Å². The van der Waals surface area contributed by atoms with Crippen molar-refractivity contribution in [2.24, 2.45) is 0 Å². The number of fused-ring (bicyclic) bond motifs is 1. The van der Waals surface area contributed by atoms with Crippen LogP contribution in [0.5, 0.6) is 11.5 Å².